The fourth-order valence-corrected chi connectivity index (χ4v) is 4.02. The summed E-state index contributed by atoms with van der Waals surface area (Å²) in [7, 11) is 0. The fourth-order valence-electron chi connectivity index (χ4n) is 4.02. The Hall–Kier alpha value is -3.01. The number of rotatable bonds is 6. The van der Waals surface area contributed by atoms with E-state index in [1.54, 1.807) is 23.2 Å². The standard InChI is InChI=1S/C23H27FN4O4/c1-14-12-27-21-20(14)19(4-7-26-21)32-18-3-2-15(10-16(18)24)11-17(25)22(30)28-8-5-23(31,13-29)6-9-28/h2-4,7,10,12,17,29,31H,5-6,8-9,11,13,25H2,1H3,(H,26,27)/t17-/m0/s1. The molecule has 0 radical (unpaired) electrons. The molecule has 3 aromatic rings. The highest BCUT2D eigenvalue weighted by Gasteiger charge is 2.34. The number of hydrogen-bond acceptors (Lipinski definition) is 6. The van der Waals surface area contributed by atoms with Gasteiger partial charge in [-0.2, -0.15) is 0 Å². The van der Waals surface area contributed by atoms with Crippen LogP contribution in [-0.2, 0) is 11.2 Å². The monoisotopic (exact) mass is 442 g/mol. The van der Waals surface area contributed by atoms with E-state index in [2.05, 4.69) is 9.97 Å². The second-order valence-electron chi connectivity index (χ2n) is 8.39. The summed E-state index contributed by atoms with van der Waals surface area (Å²) in [5.41, 5.74) is 7.14. The van der Waals surface area contributed by atoms with Crippen molar-refractivity contribution in [3.8, 4) is 11.5 Å². The number of nitrogens with one attached hydrogen (secondary N) is 1. The highest BCUT2D eigenvalue weighted by molar-refractivity contribution is 5.86. The van der Waals surface area contributed by atoms with Crippen molar-refractivity contribution in [1.82, 2.24) is 14.9 Å². The van der Waals surface area contributed by atoms with Crippen molar-refractivity contribution in [3.05, 3.63) is 53.6 Å². The van der Waals surface area contributed by atoms with Crippen molar-refractivity contribution in [1.29, 1.82) is 0 Å². The lowest BCUT2D eigenvalue weighted by Crippen LogP contribution is -2.53. The Kier molecular flexibility index (Phi) is 6.14. The topological polar surface area (TPSA) is 125 Å². The first-order valence-corrected chi connectivity index (χ1v) is 10.6. The van der Waals surface area contributed by atoms with Gasteiger partial charge in [0, 0.05) is 25.5 Å². The Morgan fingerprint density at radius 1 is 1.34 bits per heavy atom. The Balaban J connectivity index is 1.42. The van der Waals surface area contributed by atoms with Crippen LogP contribution in [0.25, 0.3) is 11.0 Å². The molecule has 4 rings (SSSR count). The summed E-state index contributed by atoms with van der Waals surface area (Å²) >= 11 is 0. The number of pyridine rings is 1. The van der Waals surface area contributed by atoms with Gasteiger partial charge >= 0.3 is 0 Å². The zero-order valence-corrected chi connectivity index (χ0v) is 17.8. The fraction of sp³-hybridized carbons (Fsp3) is 0.391. The van der Waals surface area contributed by atoms with Crippen molar-refractivity contribution in [3.63, 3.8) is 0 Å². The third-order valence-electron chi connectivity index (χ3n) is 6.02. The number of nitrogens with two attached hydrogens (primary N) is 1. The summed E-state index contributed by atoms with van der Waals surface area (Å²) in [5, 5.41) is 20.1. The summed E-state index contributed by atoms with van der Waals surface area (Å²) < 4.78 is 20.6. The largest absolute Gasteiger partial charge is 0.453 e. The van der Waals surface area contributed by atoms with Crippen molar-refractivity contribution in [2.75, 3.05) is 19.7 Å². The van der Waals surface area contributed by atoms with E-state index in [0.717, 1.165) is 10.9 Å². The number of carbonyl (C=O) groups excluding carboxylic acids is 1. The highest BCUT2D eigenvalue weighted by atomic mass is 19.1. The van der Waals surface area contributed by atoms with E-state index in [-0.39, 0.29) is 24.7 Å². The van der Waals surface area contributed by atoms with Crippen LogP contribution in [0.4, 0.5) is 4.39 Å². The second kappa shape index (κ2) is 8.85. The van der Waals surface area contributed by atoms with Crippen molar-refractivity contribution < 1.29 is 24.1 Å². The average molecular weight is 442 g/mol. The van der Waals surface area contributed by atoms with Gasteiger partial charge in [0.2, 0.25) is 5.91 Å². The number of likely N-dealkylation sites (tertiary alicyclic amines) is 1. The molecule has 0 unspecified atom stereocenters. The molecule has 32 heavy (non-hydrogen) atoms. The van der Waals surface area contributed by atoms with E-state index >= 15 is 0 Å². The lowest BCUT2D eigenvalue weighted by molar-refractivity contribution is -0.138. The molecule has 1 atom stereocenters. The van der Waals surface area contributed by atoms with E-state index in [4.69, 9.17) is 10.5 Å². The summed E-state index contributed by atoms with van der Waals surface area (Å²) in [6.45, 7) is 2.23. The molecule has 1 amide bonds. The molecule has 9 heteroatoms. The van der Waals surface area contributed by atoms with Gasteiger partial charge in [0.05, 0.1) is 23.6 Å². The molecule has 0 saturated carbocycles. The summed E-state index contributed by atoms with van der Waals surface area (Å²) in [6.07, 6.45) is 4.17. The summed E-state index contributed by atoms with van der Waals surface area (Å²) in [5.74, 6) is -0.236. The quantitative estimate of drug-likeness (QED) is 0.463. The van der Waals surface area contributed by atoms with Crippen LogP contribution in [0.5, 0.6) is 11.5 Å². The molecular formula is C23H27FN4O4. The molecule has 0 aliphatic carbocycles. The molecule has 5 N–H and O–H groups in total. The number of ether oxygens (including phenoxy) is 1. The molecule has 0 spiro atoms. The molecule has 8 nitrogen and oxygen atoms in total. The third-order valence-corrected chi connectivity index (χ3v) is 6.02. The van der Waals surface area contributed by atoms with Crippen molar-refractivity contribution >= 4 is 16.9 Å². The second-order valence-corrected chi connectivity index (χ2v) is 8.39. The van der Waals surface area contributed by atoms with Crippen LogP contribution in [0.3, 0.4) is 0 Å². The molecule has 1 aromatic carbocycles. The van der Waals surface area contributed by atoms with E-state index < -0.39 is 17.5 Å². The molecule has 1 aliphatic rings. The first kappa shape index (κ1) is 22.2. The average Bonchev–Trinajstić information content (AvgIpc) is 3.17. The molecule has 170 valence electrons. The van der Waals surface area contributed by atoms with Gasteiger partial charge in [0.1, 0.15) is 11.4 Å². The number of aliphatic hydroxyl groups is 2. The summed E-state index contributed by atoms with van der Waals surface area (Å²) in [6, 6.07) is 5.39. The van der Waals surface area contributed by atoms with Gasteiger partial charge in [0.25, 0.3) is 0 Å². The van der Waals surface area contributed by atoms with Gasteiger partial charge in [0.15, 0.2) is 11.6 Å². The number of halogens is 1. The minimum atomic E-state index is -1.14. The van der Waals surface area contributed by atoms with E-state index in [1.807, 2.05) is 13.1 Å². The maximum atomic E-state index is 14.8. The normalized spacial score (nSPS) is 16.8. The summed E-state index contributed by atoms with van der Waals surface area (Å²) in [4.78, 5) is 21.5. The van der Waals surface area contributed by atoms with Gasteiger partial charge in [-0.1, -0.05) is 6.07 Å². The maximum absolute atomic E-state index is 14.8. The van der Waals surface area contributed by atoms with Gasteiger partial charge < -0.3 is 30.6 Å². The predicted molar refractivity (Wildman–Crippen MR) is 117 cm³/mol. The smallest absolute Gasteiger partial charge is 0.239 e. The number of aromatic amines is 1. The predicted octanol–water partition coefficient (Wildman–Crippen LogP) is 2.02. The first-order valence-electron chi connectivity index (χ1n) is 10.6. The van der Waals surface area contributed by atoms with Crippen LogP contribution in [0.15, 0.2) is 36.7 Å². The molecule has 1 aliphatic heterocycles. The number of nitrogens with zero attached hydrogens (tertiary/aromatic N) is 2. The van der Waals surface area contributed by atoms with E-state index in [1.165, 1.54) is 12.1 Å². The number of aryl methyl sites for hydroxylation is 1. The first-order chi connectivity index (χ1) is 15.3. The van der Waals surface area contributed by atoms with Gasteiger partial charge in [-0.25, -0.2) is 9.37 Å². The minimum absolute atomic E-state index is 0.0704. The maximum Gasteiger partial charge on any atom is 0.239 e. The van der Waals surface area contributed by atoms with Gasteiger partial charge in [-0.05, 0) is 55.5 Å². The number of benzene rings is 1. The Labute approximate surface area is 184 Å². The SMILES string of the molecule is Cc1c[nH]c2nccc(Oc3ccc(C[C@H](N)C(=O)N4CCC(O)(CO)CC4)cc3F)c12. The zero-order chi connectivity index (χ0) is 22.9. The number of aromatic nitrogens is 2. The Bertz CT molecular complexity index is 1120. The number of H-pyrrole nitrogens is 1. The zero-order valence-electron chi connectivity index (χ0n) is 17.8. The molecule has 1 saturated heterocycles. The lowest BCUT2D eigenvalue weighted by Gasteiger charge is -2.37. The van der Waals surface area contributed by atoms with E-state index in [0.29, 0.717) is 42.9 Å². The number of hydrogen-bond donors (Lipinski definition) is 4. The van der Waals surface area contributed by atoms with Gasteiger partial charge in [-0.15, -0.1) is 0 Å². The number of aliphatic hydroxyl groups excluding tert-OH is 1. The van der Waals surface area contributed by atoms with Crippen LogP contribution in [0, 0.1) is 12.7 Å². The van der Waals surface area contributed by atoms with Crippen LogP contribution in [0.2, 0.25) is 0 Å². The molecule has 2 aromatic heterocycles. The highest BCUT2D eigenvalue weighted by Crippen LogP contribution is 2.32. The van der Waals surface area contributed by atoms with Crippen molar-refractivity contribution in [2.45, 2.75) is 37.8 Å². The third kappa shape index (κ3) is 4.45. The number of carbonyl (C=O) groups is 1. The van der Waals surface area contributed by atoms with Crippen LogP contribution in [0.1, 0.15) is 24.0 Å². The number of piperidine rings is 1. The lowest BCUT2D eigenvalue weighted by atomic mass is 9.92. The molecule has 3 heterocycles. The van der Waals surface area contributed by atoms with Crippen LogP contribution in [-0.4, -0.2) is 62.3 Å². The number of fused-ring (bicyclic) bond motifs is 1. The molecular weight excluding hydrogens is 415 g/mol. The van der Waals surface area contributed by atoms with Gasteiger partial charge in [-0.3, -0.25) is 4.79 Å². The van der Waals surface area contributed by atoms with Crippen LogP contribution >= 0.6 is 0 Å². The Morgan fingerprint density at radius 2 is 2.09 bits per heavy atom. The van der Waals surface area contributed by atoms with Crippen LogP contribution < -0.4 is 10.5 Å². The number of amides is 1. The van der Waals surface area contributed by atoms with Crippen molar-refractivity contribution in [2.24, 2.45) is 5.73 Å². The Morgan fingerprint density at radius 3 is 2.78 bits per heavy atom. The van der Waals surface area contributed by atoms with E-state index in [9.17, 15) is 19.4 Å². The molecule has 1 fully saturated rings. The molecule has 0 bridgehead atoms. The minimum Gasteiger partial charge on any atom is -0.453 e.